The third-order valence-corrected chi connectivity index (χ3v) is 4.43. The molecule has 0 saturated carbocycles. The minimum atomic E-state index is -0.0166. The quantitative estimate of drug-likeness (QED) is 0.915. The van der Waals surface area contributed by atoms with Crippen LogP contribution < -0.4 is 14.8 Å². The van der Waals surface area contributed by atoms with Crippen molar-refractivity contribution >= 4 is 11.6 Å². The van der Waals surface area contributed by atoms with Crippen molar-refractivity contribution in [2.24, 2.45) is 0 Å². The van der Waals surface area contributed by atoms with Crippen molar-refractivity contribution in [2.45, 2.75) is 38.8 Å². The summed E-state index contributed by atoms with van der Waals surface area (Å²) in [5.74, 6) is 1.41. The van der Waals surface area contributed by atoms with Crippen molar-refractivity contribution < 1.29 is 19.0 Å². The number of hydrogen-bond acceptors (Lipinski definition) is 5. The molecule has 2 aliphatic rings. The van der Waals surface area contributed by atoms with Gasteiger partial charge < -0.3 is 19.5 Å². The van der Waals surface area contributed by atoms with Gasteiger partial charge in [0.2, 0.25) is 5.91 Å². The molecule has 0 aliphatic carbocycles. The predicted octanol–water partition coefficient (Wildman–Crippen LogP) is 2.29. The molecule has 0 spiro atoms. The number of rotatable bonds is 4. The average molecular weight is 334 g/mol. The Morgan fingerprint density at radius 1 is 1.29 bits per heavy atom. The van der Waals surface area contributed by atoms with E-state index in [1.54, 1.807) is 0 Å². The van der Waals surface area contributed by atoms with Gasteiger partial charge in [0.05, 0.1) is 32.5 Å². The summed E-state index contributed by atoms with van der Waals surface area (Å²) in [5, 5.41) is 2.96. The van der Waals surface area contributed by atoms with Crippen molar-refractivity contribution in [3.63, 3.8) is 0 Å². The molecule has 24 heavy (non-hydrogen) atoms. The molecular weight excluding hydrogens is 308 g/mol. The van der Waals surface area contributed by atoms with Crippen molar-refractivity contribution in [3.05, 3.63) is 18.2 Å². The summed E-state index contributed by atoms with van der Waals surface area (Å²) in [7, 11) is 0. The molecule has 3 rings (SSSR count). The summed E-state index contributed by atoms with van der Waals surface area (Å²) in [6.45, 7) is 7.31. The first-order valence-corrected chi connectivity index (χ1v) is 8.71. The molecule has 6 heteroatoms. The van der Waals surface area contributed by atoms with Crippen LogP contribution in [0.2, 0.25) is 0 Å². The molecule has 132 valence electrons. The van der Waals surface area contributed by atoms with Crippen molar-refractivity contribution in [1.29, 1.82) is 0 Å². The number of fused-ring (bicyclic) bond motifs is 1. The Morgan fingerprint density at radius 2 is 2.08 bits per heavy atom. The van der Waals surface area contributed by atoms with Crippen LogP contribution in [-0.4, -0.2) is 55.9 Å². The van der Waals surface area contributed by atoms with E-state index in [1.165, 1.54) is 0 Å². The molecule has 1 fully saturated rings. The lowest BCUT2D eigenvalue weighted by Gasteiger charge is -2.37. The van der Waals surface area contributed by atoms with Crippen LogP contribution in [0.15, 0.2) is 18.2 Å². The second-order valence-corrected chi connectivity index (χ2v) is 6.40. The van der Waals surface area contributed by atoms with Crippen molar-refractivity contribution in [2.75, 3.05) is 38.2 Å². The van der Waals surface area contributed by atoms with Gasteiger partial charge >= 0.3 is 0 Å². The molecule has 1 amide bonds. The normalized spacial score (nSPS) is 24.2. The Kier molecular flexibility index (Phi) is 5.58. The van der Waals surface area contributed by atoms with Gasteiger partial charge in [-0.25, -0.2) is 0 Å². The zero-order chi connectivity index (χ0) is 16.9. The molecule has 0 bridgehead atoms. The van der Waals surface area contributed by atoms with Crippen LogP contribution in [0.4, 0.5) is 5.69 Å². The van der Waals surface area contributed by atoms with Crippen LogP contribution in [0, 0.1) is 0 Å². The Labute approximate surface area is 143 Å². The number of benzene rings is 1. The minimum absolute atomic E-state index is 0.0166. The topological polar surface area (TPSA) is 60.0 Å². The van der Waals surface area contributed by atoms with Gasteiger partial charge in [-0.05, 0) is 25.5 Å². The Hall–Kier alpha value is -1.79. The predicted molar refractivity (Wildman–Crippen MR) is 91.7 cm³/mol. The van der Waals surface area contributed by atoms with E-state index in [1.807, 2.05) is 25.1 Å². The number of carbonyl (C=O) groups is 1. The average Bonchev–Trinajstić information content (AvgIpc) is 2.80. The molecule has 2 aliphatic heterocycles. The summed E-state index contributed by atoms with van der Waals surface area (Å²) in [6, 6.07) is 5.83. The van der Waals surface area contributed by atoms with Crippen LogP contribution in [0.1, 0.15) is 26.7 Å². The van der Waals surface area contributed by atoms with E-state index in [4.69, 9.17) is 14.2 Å². The highest BCUT2D eigenvalue weighted by molar-refractivity contribution is 5.92. The van der Waals surface area contributed by atoms with Crippen LogP contribution in [0.3, 0.4) is 0 Å². The summed E-state index contributed by atoms with van der Waals surface area (Å²) in [5.41, 5.74) is 0.735. The first kappa shape index (κ1) is 17.0. The molecule has 1 N–H and O–H groups in total. The van der Waals surface area contributed by atoms with Crippen LogP contribution in [0.5, 0.6) is 11.5 Å². The standard InChI is InChI=1S/C18H26N2O4/c1-3-15-12-24-13(2)10-20(15)11-18(21)19-14-5-6-16-17(9-14)23-8-4-7-22-16/h5-6,9,13,15H,3-4,7-8,10-12H2,1-2H3,(H,19,21). The first-order valence-electron chi connectivity index (χ1n) is 8.71. The number of nitrogens with one attached hydrogen (secondary N) is 1. The molecular formula is C18H26N2O4. The SMILES string of the molecule is CCC1COC(C)CN1CC(=O)Nc1ccc2c(c1)OCCCO2. The number of nitrogens with zero attached hydrogens (tertiary/aromatic N) is 1. The second kappa shape index (κ2) is 7.85. The van der Waals surface area contributed by atoms with E-state index in [0.29, 0.717) is 38.2 Å². The van der Waals surface area contributed by atoms with Crippen LogP contribution in [-0.2, 0) is 9.53 Å². The van der Waals surface area contributed by atoms with E-state index in [9.17, 15) is 4.79 Å². The van der Waals surface area contributed by atoms with Gasteiger partial charge in [0, 0.05) is 30.8 Å². The fourth-order valence-electron chi connectivity index (χ4n) is 3.11. The monoisotopic (exact) mass is 334 g/mol. The molecule has 1 aromatic carbocycles. The van der Waals surface area contributed by atoms with E-state index in [-0.39, 0.29) is 12.0 Å². The summed E-state index contributed by atoms with van der Waals surface area (Å²) >= 11 is 0. The molecule has 1 saturated heterocycles. The highest BCUT2D eigenvalue weighted by Crippen LogP contribution is 2.32. The minimum Gasteiger partial charge on any atom is -0.490 e. The maximum Gasteiger partial charge on any atom is 0.238 e. The van der Waals surface area contributed by atoms with Gasteiger partial charge in [0.25, 0.3) is 0 Å². The third-order valence-electron chi connectivity index (χ3n) is 4.43. The molecule has 2 heterocycles. The fourth-order valence-corrected chi connectivity index (χ4v) is 3.11. The number of morpholine rings is 1. The molecule has 6 nitrogen and oxygen atoms in total. The highest BCUT2D eigenvalue weighted by atomic mass is 16.5. The van der Waals surface area contributed by atoms with E-state index in [2.05, 4.69) is 17.1 Å². The van der Waals surface area contributed by atoms with Gasteiger partial charge in [-0.1, -0.05) is 6.92 Å². The lowest BCUT2D eigenvalue weighted by Crippen LogP contribution is -2.51. The Bertz CT molecular complexity index is 578. The van der Waals surface area contributed by atoms with Crippen molar-refractivity contribution in [1.82, 2.24) is 4.90 Å². The van der Waals surface area contributed by atoms with Gasteiger partial charge in [0.15, 0.2) is 11.5 Å². The van der Waals surface area contributed by atoms with E-state index in [0.717, 1.165) is 30.8 Å². The second-order valence-electron chi connectivity index (χ2n) is 6.40. The molecule has 2 atom stereocenters. The fraction of sp³-hybridized carbons (Fsp3) is 0.611. The maximum absolute atomic E-state index is 12.4. The molecule has 2 unspecified atom stereocenters. The number of hydrogen-bond donors (Lipinski definition) is 1. The Morgan fingerprint density at radius 3 is 2.88 bits per heavy atom. The smallest absolute Gasteiger partial charge is 0.238 e. The molecule has 0 radical (unpaired) electrons. The summed E-state index contributed by atoms with van der Waals surface area (Å²) in [6.07, 6.45) is 2.01. The van der Waals surface area contributed by atoms with E-state index < -0.39 is 0 Å². The summed E-state index contributed by atoms with van der Waals surface area (Å²) < 4.78 is 17.0. The number of carbonyl (C=O) groups excluding carboxylic acids is 1. The van der Waals surface area contributed by atoms with Crippen LogP contribution >= 0.6 is 0 Å². The van der Waals surface area contributed by atoms with Crippen LogP contribution in [0.25, 0.3) is 0 Å². The lowest BCUT2D eigenvalue weighted by atomic mass is 10.1. The zero-order valence-corrected chi connectivity index (χ0v) is 14.4. The zero-order valence-electron chi connectivity index (χ0n) is 14.4. The third kappa shape index (κ3) is 4.19. The van der Waals surface area contributed by atoms with Gasteiger partial charge in [0.1, 0.15) is 0 Å². The molecule has 1 aromatic rings. The first-order chi connectivity index (χ1) is 11.7. The summed E-state index contributed by atoms with van der Waals surface area (Å²) in [4.78, 5) is 14.6. The largest absolute Gasteiger partial charge is 0.490 e. The highest BCUT2D eigenvalue weighted by Gasteiger charge is 2.27. The van der Waals surface area contributed by atoms with Crippen molar-refractivity contribution in [3.8, 4) is 11.5 Å². The van der Waals surface area contributed by atoms with Gasteiger partial charge in [-0.2, -0.15) is 0 Å². The molecule has 0 aromatic heterocycles. The maximum atomic E-state index is 12.4. The Balaban J connectivity index is 1.61. The van der Waals surface area contributed by atoms with E-state index >= 15 is 0 Å². The number of amides is 1. The van der Waals surface area contributed by atoms with Gasteiger partial charge in [-0.15, -0.1) is 0 Å². The number of ether oxygens (including phenoxy) is 3. The van der Waals surface area contributed by atoms with Gasteiger partial charge in [-0.3, -0.25) is 9.69 Å². The lowest BCUT2D eigenvalue weighted by molar-refractivity contribution is -0.121. The number of anilines is 1.